The number of carbonyl (C=O) groups is 1. The van der Waals surface area contributed by atoms with Gasteiger partial charge < -0.3 is 5.73 Å². The topological polar surface area (TPSA) is 80.5 Å². The number of carbonyl (C=O) groups excluding carboxylic acids is 1. The number of rotatable bonds is 2. The van der Waals surface area contributed by atoms with E-state index in [1.807, 2.05) is 0 Å². The average molecular weight is 329 g/mol. The van der Waals surface area contributed by atoms with Gasteiger partial charge in [0.1, 0.15) is 4.90 Å². The summed E-state index contributed by atoms with van der Waals surface area (Å²) < 4.78 is 26.1. The van der Waals surface area contributed by atoms with E-state index in [2.05, 4.69) is 0 Å². The number of fused-ring (bicyclic) bond motifs is 1. The Morgan fingerprint density at radius 2 is 2.00 bits per heavy atom. The molecule has 0 unspecified atom stereocenters. The number of anilines is 1. The fraction of sp³-hybridized carbons (Fsp3) is 0.0833. The Labute approximate surface area is 124 Å². The van der Waals surface area contributed by atoms with Crippen LogP contribution in [-0.4, -0.2) is 18.6 Å². The highest BCUT2D eigenvalue weighted by Gasteiger charge is 2.41. The van der Waals surface area contributed by atoms with Gasteiger partial charge in [0, 0.05) is 10.6 Å². The summed E-state index contributed by atoms with van der Waals surface area (Å²) in [5.41, 5.74) is 6.08. The Balaban J connectivity index is 2.05. The minimum absolute atomic E-state index is 0.000599. The van der Waals surface area contributed by atoms with Crippen LogP contribution >= 0.6 is 22.9 Å². The Bertz CT molecular complexity index is 814. The molecule has 1 aliphatic rings. The molecule has 1 amide bonds. The van der Waals surface area contributed by atoms with Gasteiger partial charge in [0.05, 0.1) is 16.4 Å². The molecule has 1 aromatic heterocycles. The van der Waals surface area contributed by atoms with Crippen molar-refractivity contribution >= 4 is 44.6 Å². The van der Waals surface area contributed by atoms with Gasteiger partial charge in [-0.1, -0.05) is 11.6 Å². The number of nitrogens with zero attached hydrogens (tertiary/aromatic N) is 1. The third-order valence-electron chi connectivity index (χ3n) is 2.96. The second kappa shape index (κ2) is 4.47. The van der Waals surface area contributed by atoms with E-state index in [1.54, 1.807) is 12.1 Å². The van der Waals surface area contributed by atoms with Crippen LogP contribution in [0.4, 0.5) is 5.69 Å². The van der Waals surface area contributed by atoms with E-state index in [4.69, 9.17) is 17.3 Å². The summed E-state index contributed by atoms with van der Waals surface area (Å²) in [5, 5.41) is 0. The van der Waals surface area contributed by atoms with Crippen LogP contribution in [0.1, 0.15) is 15.2 Å². The molecule has 0 spiro atoms. The molecule has 104 valence electrons. The molecule has 5 nitrogen and oxygen atoms in total. The molecule has 0 atom stereocenters. The molecule has 2 N–H and O–H groups in total. The molecule has 1 aliphatic heterocycles. The number of hydrogen-bond acceptors (Lipinski definition) is 5. The van der Waals surface area contributed by atoms with E-state index in [0.717, 1.165) is 4.31 Å². The third-order valence-corrected chi connectivity index (χ3v) is 5.96. The lowest BCUT2D eigenvalue weighted by Crippen LogP contribution is -2.29. The van der Waals surface area contributed by atoms with Gasteiger partial charge in [-0.2, -0.15) is 0 Å². The first-order valence-electron chi connectivity index (χ1n) is 5.60. The Kier molecular flexibility index (Phi) is 3.00. The van der Waals surface area contributed by atoms with Crippen LogP contribution in [0, 0.1) is 0 Å². The molecule has 8 heteroatoms. The second-order valence-corrected chi connectivity index (χ2v) is 7.91. The molecule has 0 aliphatic carbocycles. The number of hydrogen-bond donors (Lipinski definition) is 1. The van der Waals surface area contributed by atoms with Crippen molar-refractivity contribution in [2.45, 2.75) is 11.4 Å². The maximum absolute atomic E-state index is 12.4. The molecule has 0 saturated heterocycles. The van der Waals surface area contributed by atoms with E-state index in [9.17, 15) is 13.2 Å². The van der Waals surface area contributed by atoms with Gasteiger partial charge in [0.2, 0.25) is 0 Å². The monoisotopic (exact) mass is 328 g/mol. The highest BCUT2D eigenvalue weighted by molar-refractivity contribution is 7.90. The van der Waals surface area contributed by atoms with Crippen molar-refractivity contribution in [1.29, 1.82) is 0 Å². The van der Waals surface area contributed by atoms with Crippen molar-refractivity contribution in [2.24, 2.45) is 0 Å². The average Bonchev–Trinajstić information content (AvgIpc) is 2.86. The zero-order chi connectivity index (χ0) is 14.5. The van der Waals surface area contributed by atoms with Crippen LogP contribution in [0.5, 0.6) is 0 Å². The molecule has 2 aromatic rings. The highest BCUT2D eigenvalue weighted by atomic mass is 35.5. The predicted octanol–water partition coefficient (Wildman–Crippen LogP) is 2.33. The summed E-state index contributed by atoms with van der Waals surface area (Å²) in [5.74, 6) is -0.558. The summed E-state index contributed by atoms with van der Waals surface area (Å²) in [6.45, 7) is -0.0207. The lowest BCUT2D eigenvalue weighted by Gasteiger charge is -2.13. The zero-order valence-electron chi connectivity index (χ0n) is 10.0. The van der Waals surface area contributed by atoms with Gasteiger partial charge in [-0.15, -0.1) is 11.3 Å². The second-order valence-electron chi connectivity index (χ2n) is 4.28. The van der Waals surface area contributed by atoms with Crippen molar-refractivity contribution in [3.8, 4) is 0 Å². The quantitative estimate of drug-likeness (QED) is 0.858. The fourth-order valence-electron chi connectivity index (χ4n) is 2.04. The van der Waals surface area contributed by atoms with Gasteiger partial charge in [0.15, 0.2) is 0 Å². The molecule has 3 rings (SSSR count). The first-order chi connectivity index (χ1) is 9.39. The highest BCUT2D eigenvalue weighted by Crippen LogP contribution is 2.34. The lowest BCUT2D eigenvalue weighted by molar-refractivity contribution is 0.0866. The van der Waals surface area contributed by atoms with Crippen molar-refractivity contribution < 1.29 is 13.2 Å². The smallest absolute Gasteiger partial charge is 0.269 e. The van der Waals surface area contributed by atoms with E-state index in [1.165, 1.54) is 29.5 Å². The number of nitrogens with two attached hydrogens (primary N) is 1. The molecule has 0 fully saturated rings. The normalized spacial score (nSPS) is 16.4. The lowest BCUT2D eigenvalue weighted by atomic mass is 10.2. The van der Waals surface area contributed by atoms with E-state index < -0.39 is 15.9 Å². The van der Waals surface area contributed by atoms with Crippen molar-refractivity contribution in [3.05, 3.63) is 45.1 Å². The minimum atomic E-state index is -3.81. The van der Waals surface area contributed by atoms with Gasteiger partial charge in [-0.05, 0) is 30.3 Å². The summed E-state index contributed by atoms with van der Waals surface area (Å²) in [6.07, 6.45) is 0. The van der Waals surface area contributed by atoms with E-state index in [0.29, 0.717) is 14.9 Å². The van der Waals surface area contributed by atoms with Gasteiger partial charge in [-0.3, -0.25) is 4.79 Å². The number of benzene rings is 1. The fourth-order valence-corrected chi connectivity index (χ4v) is 4.72. The Morgan fingerprint density at radius 1 is 1.25 bits per heavy atom. The summed E-state index contributed by atoms with van der Waals surface area (Å²) in [7, 11) is -3.81. The number of thiophene rings is 1. The van der Waals surface area contributed by atoms with Crippen molar-refractivity contribution in [3.63, 3.8) is 0 Å². The Morgan fingerprint density at radius 3 is 2.65 bits per heavy atom. The maximum atomic E-state index is 12.4. The van der Waals surface area contributed by atoms with Crippen LogP contribution in [0.15, 0.2) is 35.2 Å². The molecule has 0 saturated carbocycles. The molecule has 1 aromatic carbocycles. The Hall–Kier alpha value is -1.57. The minimum Gasteiger partial charge on any atom is -0.399 e. The van der Waals surface area contributed by atoms with Crippen LogP contribution < -0.4 is 5.73 Å². The van der Waals surface area contributed by atoms with Crippen LogP contribution in [0.3, 0.4) is 0 Å². The van der Waals surface area contributed by atoms with Crippen LogP contribution in [-0.2, 0) is 16.6 Å². The summed E-state index contributed by atoms with van der Waals surface area (Å²) in [6, 6.07) is 7.58. The zero-order valence-corrected chi connectivity index (χ0v) is 12.4. The van der Waals surface area contributed by atoms with Gasteiger partial charge >= 0.3 is 0 Å². The molecule has 2 heterocycles. The van der Waals surface area contributed by atoms with Crippen LogP contribution in [0.2, 0.25) is 4.34 Å². The van der Waals surface area contributed by atoms with Gasteiger partial charge in [0.25, 0.3) is 15.9 Å². The first-order valence-corrected chi connectivity index (χ1v) is 8.24. The molecular weight excluding hydrogens is 320 g/mol. The van der Waals surface area contributed by atoms with E-state index in [-0.39, 0.29) is 17.0 Å². The molecule has 20 heavy (non-hydrogen) atoms. The number of halogens is 1. The van der Waals surface area contributed by atoms with Crippen molar-refractivity contribution in [1.82, 2.24) is 4.31 Å². The van der Waals surface area contributed by atoms with Gasteiger partial charge in [-0.25, -0.2) is 12.7 Å². The predicted molar refractivity (Wildman–Crippen MR) is 77.2 cm³/mol. The SMILES string of the molecule is Nc1ccc2c(c1)C(=O)N(Cc1ccc(Cl)s1)S2(=O)=O. The summed E-state index contributed by atoms with van der Waals surface area (Å²) in [4.78, 5) is 12.9. The third kappa shape index (κ3) is 1.98. The number of nitrogen functional groups attached to an aromatic ring is 1. The van der Waals surface area contributed by atoms with Crippen LogP contribution in [0.25, 0.3) is 0 Å². The van der Waals surface area contributed by atoms with E-state index >= 15 is 0 Å². The first kappa shape index (κ1) is 13.4. The molecule has 0 bridgehead atoms. The molecular formula is C12H9ClN2O3S2. The van der Waals surface area contributed by atoms with Crippen molar-refractivity contribution in [2.75, 3.05) is 5.73 Å². The molecule has 0 radical (unpaired) electrons. The number of amides is 1. The largest absolute Gasteiger partial charge is 0.399 e. The maximum Gasteiger partial charge on any atom is 0.269 e. The number of sulfonamides is 1. The summed E-state index contributed by atoms with van der Waals surface area (Å²) >= 11 is 7.05. The standard InChI is InChI=1S/C12H9ClN2O3S2/c13-11-4-2-8(19-11)6-15-12(16)9-5-7(14)1-3-10(9)20(15,17)18/h1-5H,6,14H2.